The van der Waals surface area contributed by atoms with Crippen molar-refractivity contribution in [2.45, 2.75) is 13.8 Å². The van der Waals surface area contributed by atoms with Crippen LogP contribution >= 0.6 is 0 Å². The number of para-hydroxylation sites is 2. The zero-order valence-corrected chi connectivity index (χ0v) is 29.1. The van der Waals surface area contributed by atoms with Crippen LogP contribution in [0.5, 0.6) is 5.75 Å². The van der Waals surface area contributed by atoms with E-state index in [0.717, 1.165) is 55.5 Å². The normalized spacial score (nSPS) is 10.5. The summed E-state index contributed by atoms with van der Waals surface area (Å²) < 4.78 is 0. The van der Waals surface area contributed by atoms with Gasteiger partial charge in [-0.2, -0.15) is 0 Å². The van der Waals surface area contributed by atoms with Crippen molar-refractivity contribution in [3.05, 3.63) is 186 Å². The Morgan fingerprint density at radius 3 is 1.19 bits per heavy atom. The molecule has 2 aromatic heterocycles. The standard InChI is InChI=1S/C24H18O.2C11H9NO2/c25-24-22(19-12-6-2-7-13-19)16-21(18-10-4-1-5-11-18)17-23(24)20-14-8-3-9-15-20;2*1-7-5-6-8-3-2-4-9(11(13)14)10(8)12-7/h1-17,25H;2*2-6H,1H3,(H,13,14). The number of carboxylic acids is 2. The van der Waals surface area contributed by atoms with E-state index in [9.17, 15) is 14.7 Å². The molecule has 53 heavy (non-hydrogen) atoms. The quantitative estimate of drug-likeness (QED) is 0.164. The highest BCUT2D eigenvalue weighted by molar-refractivity contribution is 6.02. The van der Waals surface area contributed by atoms with E-state index in [1.54, 1.807) is 24.3 Å². The Bertz CT molecular complexity index is 2380. The van der Waals surface area contributed by atoms with Gasteiger partial charge in [-0.3, -0.25) is 9.97 Å². The number of pyridine rings is 2. The van der Waals surface area contributed by atoms with Gasteiger partial charge in [0.2, 0.25) is 0 Å². The van der Waals surface area contributed by atoms with Crippen LogP contribution in [0.3, 0.4) is 0 Å². The molecule has 0 aliphatic heterocycles. The molecule has 0 fully saturated rings. The van der Waals surface area contributed by atoms with Gasteiger partial charge in [0.25, 0.3) is 0 Å². The third-order valence-electron chi connectivity index (χ3n) is 8.57. The summed E-state index contributed by atoms with van der Waals surface area (Å²) in [4.78, 5) is 30.2. The van der Waals surface area contributed by atoms with Crippen molar-refractivity contribution in [2.75, 3.05) is 0 Å². The van der Waals surface area contributed by atoms with Crippen molar-refractivity contribution >= 4 is 33.7 Å². The largest absolute Gasteiger partial charge is 0.507 e. The van der Waals surface area contributed by atoms with Crippen molar-refractivity contribution in [3.63, 3.8) is 0 Å². The van der Waals surface area contributed by atoms with E-state index in [1.165, 1.54) is 0 Å². The molecular weight excluding hydrogens is 661 g/mol. The summed E-state index contributed by atoms with van der Waals surface area (Å²) in [6.45, 7) is 3.69. The van der Waals surface area contributed by atoms with Gasteiger partial charge >= 0.3 is 11.9 Å². The summed E-state index contributed by atoms with van der Waals surface area (Å²) in [5.41, 5.74) is 9.22. The lowest BCUT2D eigenvalue weighted by Gasteiger charge is -2.14. The predicted molar refractivity (Wildman–Crippen MR) is 211 cm³/mol. The first kappa shape index (κ1) is 35.7. The number of benzene rings is 6. The Morgan fingerprint density at radius 2 is 0.811 bits per heavy atom. The Morgan fingerprint density at radius 1 is 0.434 bits per heavy atom. The Labute approximate surface area is 307 Å². The minimum atomic E-state index is -0.936. The molecule has 0 amide bonds. The fraction of sp³-hybridized carbons (Fsp3) is 0.0435. The molecule has 0 atom stereocenters. The van der Waals surface area contributed by atoms with Crippen molar-refractivity contribution in [1.29, 1.82) is 0 Å². The van der Waals surface area contributed by atoms with Crippen molar-refractivity contribution in [2.24, 2.45) is 0 Å². The zero-order chi connectivity index (χ0) is 37.3. The van der Waals surface area contributed by atoms with E-state index >= 15 is 0 Å². The van der Waals surface area contributed by atoms with E-state index in [2.05, 4.69) is 34.2 Å². The summed E-state index contributed by atoms with van der Waals surface area (Å²) >= 11 is 0. The molecule has 0 aliphatic carbocycles. The van der Waals surface area contributed by atoms with Crippen LogP contribution in [0.2, 0.25) is 0 Å². The lowest BCUT2D eigenvalue weighted by Crippen LogP contribution is -1.99. The number of fused-ring (bicyclic) bond motifs is 2. The van der Waals surface area contributed by atoms with Crippen molar-refractivity contribution in [3.8, 4) is 39.1 Å². The number of aromatic hydroxyl groups is 1. The number of aromatic carboxylic acids is 2. The molecule has 0 bridgehead atoms. The molecule has 0 saturated heterocycles. The summed E-state index contributed by atoms with van der Waals surface area (Å²) in [6.07, 6.45) is 0. The number of rotatable bonds is 5. The molecule has 260 valence electrons. The topological polar surface area (TPSA) is 121 Å². The maximum atomic E-state index is 11.0. The number of carboxylic acid groups (broad SMARTS) is 2. The van der Waals surface area contributed by atoms with Gasteiger partial charge in [-0.05, 0) is 72.5 Å². The van der Waals surface area contributed by atoms with Gasteiger partial charge in [0.15, 0.2) is 0 Å². The molecule has 2 heterocycles. The van der Waals surface area contributed by atoms with Crippen LogP contribution in [-0.4, -0.2) is 37.2 Å². The molecule has 0 aliphatic rings. The molecule has 0 spiro atoms. The number of carbonyl (C=O) groups is 2. The molecule has 7 heteroatoms. The molecular formula is C46H36N2O5. The SMILES string of the molecule is Cc1ccc2cccc(C(=O)O)c2n1.Cc1ccc2cccc(C(=O)O)c2n1.Oc1c(-c2ccccc2)cc(-c2ccccc2)cc1-c1ccccc1. The Hall–Kier alpha value is -7.12. The smallest absolute Gasteiger partial charge is 0.337 e. The van der Waals surface area contributed by atoms with Crippen LogP contribution in [-0.2, 0) is 0 Å². The number of aryl methyl sites for hydroxylation is 2. The maximum absolute atomic E-state index is 11.0. The lowest BCUT2D eigenvalue weighted by molar-refractivity contribution is 0.0688. The van der Waals surface area contributed by atoms with Gasteiger partial charge in [0.05, 0.1) is 22.2 Å². The van der Waals surface area contributed by atoms with Crippen LogP contribution in [0.1, 0.15) is 32.1 Å². The zero-order valence-electron chi connectivity index (χ0n) is 29.1. The molecule has 7 nitrogen and oxygen atoms in total. The first-order valence-corrected chi connectivity index (χ1v) is 16.9. The minimum absolute atomic E-state index is 0.256. The van der Waals surface area contributed by atoms with Gasteiger partial charge in [0.1, 0.15) is 5.75 Å². The Kier molecular flexibility index (Phi) is 11.0. The summed E-state index contributed by atoms with van der Waals surface area (Å²) in [6, 6.07) is 52.2. The maximum Gasteiger partial charge on any atom is 0.337 e. The first-order valence-electron chi connectivity index (χ1n) is 16.9. The van der Waals surface area contributed by atoms with E-state index < -0.39 is 11.9 Å². The van der Waals surface area contributed by atoms with Crippen LogP contribution in [0, 0.1) is 13.8 Å². The number of hydrogen-bond acceptors (Lipinski definition) is 5. The molecule has 8 aromatic rings. The molecule has 6 aromatic carbocycles. The predicted octanol–water partition coefficient (Wildman–Crippen LogP) is 10.9. The number of hydrogen-bond donors (Lipinski definition) is 3. The monoisotopic (exact) mass is 696 g/mol. The summed E-state index contributed by atoms with van der Waals surface area (Å²) in [7, 11) is 0. The van der Waals surface area contributed by atoms with Crippen LogP contribution in [0.25, 0.3) is 55.2 Å². The van der Waals surface area contributed by atoms with Crippen molar-refractivity contribution < 1.29 is 24.9 Å². The van der Waals surface area contributed by atoms with Gasteiger partial charge in [0, 0.05) is 33.3 Å². The van der Waals surface area contributed by atoms with Gasteiger partial charge in [-0.25, -0.2) is 9.59 Å². The average molecular weight is 697 g/mol. The number of aromatic nitrogens is 2. The average Bonchev–Trinajstić information content (AvgIpc) is 3.19. The van der Waals surface area contributed by atoms with E-state index in [0.29, 0.717) is 16.8 Å². The van der Waals surface area contributed by atoms with Crippen LogP contribution in [0.4, 0.5) is 0 Å². The molecule has 0 saturated carbocycles. The second-order valence-corrected chi connectivity index (χ2v) is 12.3. The fourth-order valence-corrected chi connectivity index (χ4v) is 5.94. The first-order chi connectivity index (χ1) is 25.7. The molecule has 0 unspecified atom stereocenters. The third-order valence-corrected chi connectivity index (χ3v) is 8.57. The second kappa shape index (κ2) is 16.3. The lowest BCUT2D eigenvalue weighted by atomic mass is 9.92. The van der Waals surface area contributed by atoms with E-state index in [4.69, 9.17) is 10.2 Å². The molecule has 3 N–H and O–H groups in total. The highest BCUT2D eigenvalue weighted by Crippen LogP contribution is 2.41. The van der Waals surface area contributed by atoms with Gasteiger partial charge in [-0.1, -0.05) is 127 Å². The molecule has 0 radical (unpaired) electrons. The highest BCUT2D eigenvalue weighted by Gasteiger charge is 2.14. The van der Waals surface area contributed by atoms with Crippen LogP contribution in [0.15, 0.2) is 164 Å². The van der Waals surface area contributed by atoms with Crippen molar-refractivity contribution in [1.82, 2.24) is 9.97 Å². The van der Waals surface area contributed by atoms with Crippen LogP contribution < -0.4 is 0 Å². The highest BCUT2D eigenvalue weighted by atomic mass is 16.4. The summed E-state index contributed by atoms with van der Waals surface area (Å²) in [5, 5.41) is 30.5. The molecule has 8 rings (SSSR count). The van der Waals surface area contributed by atoms with E-state index in [1.807, 2.05) is 129 Å². The fourth-order valence-electron chi connectivity index (χ4n) is 5.94. The van der Waals surface area contributed by atoms with Gasteiger partial charge in [-0.15, -0.1) is 0 Å². The Balaban J connectivity index is 0.000000147. The third kappa shape index (κ3) is 8.44. The minimum Gasteiger partial charge on any atom is -0.507 e. The summed E-state index contributed by atoms with van der Waals surface area (Å²) in [5.74, 6) is -1.56. The number of phenolic OH excluding ortho intramolecular Hbond substituents is 1. The van der Waals surface area contributed by atoms with Gasteiger partial charge < -0.3 is 15.3 Å². The number of phenols is 1. The second-order valence-electron chi connectivity index (χ2n) is 12.3. The number of nitrogens with zero attached hydrogens (tertiary/aromatic N) is 2. The van der Waals surface area contributed by atoms with E-state index in [-0.39, 0.29) is 11.1 Å².